The number of hydrogen-bond donors (Lipinski definition) is 0. The number of benzene rings is 1. The van der Waals surface area contributed by atoms with E-state index in [1.54, 1.807) is 4.90 Å². The minimum absolute atomic E-state index is 0. The van der Waals surface area contributed by atoms with E-state index in [1.165, 1.54) is 31.7 Å². The summed E-state index contributed by atoms with van der Waals surface area (Å²) in [5.41, 5.74) is 0.520. The van der Waals surface area contributed by atoms with Crippen LogP contribution in [0.25, 0.3) is 0 Å². The highest BCUT2D eigenvalue weighted by Gasteiger charge is 2.28. The second-order valence-corrected chi connectivity index (χ2v) is 7.93. The molecule has 1 aromatic carbocycles. The Balaban J connectivity index is 0.00000392. The monoisotopic (exact) mass is 416 g/mol. The Labute approximate surface area is 174 Å². The lowest BCUT2D eigenvalue weighted by atomic mass is 9.89. The van der Waals surface area contributed by atoms with Crippen molar-refractivity contribution in [2.75, 3.05) is 20.6 Å². The molecular formula is C22H35ClF2N2O. The molecule has 1 aromatic rings. The quantitative estimate of drug-likeness (QED) is 0.516. The Bertz CT molecular complexity index is 606. The normalized spacial score (nSPS) is 19.4. The van der Waals surface area contributed by atoms with Crippen LogP contribution in [0.15, 0.2) is 18.2 Å². The first-order valence-corrected chi connectivity index (χ1v) is 10.3. The van der Waals surface area contributed by atoms with Gasteiger partial charge < -0.3 is 9.80 Å². The molecule has 1 aliphatic rings. The molecule has 0 spiro atoms. The van der Waals surface area contributed by atoms with Crippen molar-refractivity contribution in [3.8, 4) is 0 Å². The summed E-state index contributed by atoms with van der Waals surface area (Å²) in [4.78, 5) is 16.8. The van der Waals surface area contributed by atoms with Crippen LogP contribution in [-0.2, 0) is 11.2 Å². The summed E-state index contributed by atoms with van der Waals surface area (Å²) in [5, 5.41) is 0. The molecule has 6 heteroatoms. The van der Waals surface area contributed by atoms with Gasteiger partial charge in [0, 0.05) is 19.1 Å². The molecule has 160 valence electrons. The summed E-state index contributed by atoms with van der Waals surface area (Å²) in [6.07, 6.45) is 9.48. The van der Waals surface area contributed by atoms with Gasteiger partial charge in [0.15, 0.2) is 11.6 Å². The highest BCUT2D eigenvalue weighted by molar-refractivity contribution is 5.85. The third-order valence-corrected chi connectivity index (χ3v) is 5.93. The average Bonchev–Trinajstić information content (AvgIpc) is 2.67. The summed E-state index contributed by atoms with van der Waals surface area (Å²) in [7, 11) is 4.05. The third kappa shape index (κ3) is 7.32. The van der Waals surface area contributed by atoms with Crippen molar-refractivity contribution in [3.05, 3.63) is 35.4 Å². The number of hydrogen-bond acceptors (Lipinski definition) is 2. The van der Waals surface area contributed by atoms with Crippen molar-refractivity contribution in [2.45, 2.75) is 76.8 Å². The van der Waals surface area contributed by atoms with Crippen LogP contribution < -0.4 is 0 Å². The number of unbranched alkanes of at least 4 members (excludes halogenated alkanes) is 3. The Kier molecular flexibility index (Phi) is 11.0. The van der Waals surface area contributed by atoms with Crippen molar-refractivity contribution in [1.82, 2.24) is 9.80 Å². The number of carbonyl (C=O) groups excluding carboxylic acids is 1. The van der Waals surface area contributed by atoms with Gasteiger partial charge >= 0.3 is 0 Å². The number of likely N-dealkylation sites (N-methyl/N-ethyl adjacent to an activating group) is 1. The van der Waals surface area contributed by atoms with Gasteiger partial charge in [-0.15, -0.1) is 12.4 Å². The maximum Gasteiger partial charge on any atom is 0.226 e. The van der Waals surface area contributed by atoms with Crippen molar-refractivity contribution < 1.29 is 13.6 Å². The highest BCUT2D eigenvalue weighted by Crippen LogP contribution is 2.26. The minimum atomic E-state index is -0.898. The van der Waals surface area contributed by atoms with Gasteiger partial charge in [0.05, 0.1) is 6.42 Å². The first-order chi connectivity index (χ1) is 12.9. The van der Waals surface area contributed by atoms with Gasteiger partial charge in [0.2, 0.25) is 5.91 Å². The van der Waals surface area contributed by atoms with Crippen molar-refractivity contribution in [2.24, 2.45) is 0 Å². The molecule has 0 unspecified atom stereocenters. The van der Waals surface area contributed by atoms with Crippen molar-refractivity contribution >= 4 is 18.3 Å². The highest BCUT2D eigenvalue weighted by atomic mass is 35.5. The van der Waals surface area contributed by atoms with E-state index < -0.39 is 11.6 Å². The largest absolute Gasteiger partial charge is 0.342 e. The van der Waals surface area contributed by atoms with E-state index in [1.807, 2.05) is 7.05 Å². The maximum absolute atomic E-state index is 13.3. The Hall–Kier alpha value is -1.20. The van der Waals surface area contributed by atoms with E-state index >= 15 is 0 Å². The molecule has 1 aliphatic carbocycles. The molecule has 2 rings (SSSR count). The maximum atomic E-state index is 13.3. The van der Waals surface area contributed by atoms with E-state index in [2.05, 4.69) is 18.9 Å². The molecule has 0 bridgehead atoms. The smallest absolute Gasteiger partial charge is 0.226 e. The van der Waals surface area contributed by atoms with Gasteiger partial charge in [-0.05, 0) is 63.4 Å². The van der Waals surface area contributed by atoms with Crippen LogP contribution in [0.5, 0.6) is 0 Å². The van der Waals surface area contributed by atoms with Crippen LogP contribution in [0, 0.1) is 11.6 Å². The Morgan fingerprint density at radius 1 is 1.00 bits per heavy atom. The van der Waals surface area contributed by atoms with Crippen LogP contribution in [-0.4, -0.2) is 48.4 Å². The average molecular weight is 417 g/mol. The van der Waals surface area contributed by atoms with E-state index in [0.29, 0.717) is 11.6 Å². The molecule has 0 aliphatic heterocycles. The molecule has 0 saturated heterocycles. The second kappa shape index (κ2) is 12.4. The summed E-state index contributed by atoms with van der Waals surface area (Å²) in [6.45, 7) is 3.38. The lowest BCUT2D eigenvalue weighted by Gasteiger charge is -2.38. The summed E-state index contributed by atoms with van der Waals surface area (Å²) in [5.74, 6) is -1.81. The number of amides is 1. The molecule has 1 fully saturated rings. The predicted octanol–water partition coefficient (Wildman–Crippen LogP) is 5.21. The first-order valence-electron chi connectivity index (χ1n) is 10.3. The Morgan fingerprint density at radius 3 is 2.25 bits per heavy atom. The van der Waals surface area contributed by atoms with Crippen LogP contribution in [0.3, 0.4) is 0 Å². The molecule has 28 heavy (non-hydrogen) atoms. The Morgan fingerprint density at radius 2 is 1.64 bits per heavy atom. The fourth-order valence-corrected chi connectivity index (χ4v) is 4.01. The van der Waals surface area contributed by atoms with E-state index in [9.17, 15) is 13.6 Å². The molecule has 1 saturated carbocycles. The van der Waals surface area contributed by atoms with E-state index in [0.717, 1.165) is 44.4 Å². The molecule has 0 aromatic heterocycles. The molecule has 0 heterocycles. The summed E-state index contributed by atoms with van der Waals surface area (Å²) < 4.78 is 26.4. The number of rotatable bonds is 9. The zero-order valence-corrected chi connectivity index (χ0v) is 18.2. The predicted molar refractivity (Wildman–Crippen MR) is 113 cm³/mol. The fraction of sp³-hybridized carbons (Fsp3) is 0.682. The SMILES string of the molecule is CCCCCCN(C)C1CCC(N(C)C(=O)Cc2ccc(F)c(F)c2)CC1.Cl. The fourth-order valence-electron chi connectivity index (χ4n) is 4.01. The molecule has 0 atom stereocenters. The van der Waals surface area contributed by atoms with Gasteiger partial charge in [-0.2, -0.15) is 0 Å². The van der Waals surface area contributed by atoms with E-state index in [4.69, 9.17) is 0 Å². The van der Waals surface area contributed by atoms with Crippen molar-refractivity contribution in [3.63, 3.8) is 0 Å². The van der Waals surface area contributed by atoms with Crippen LogP contribution in [0.2, 0.25) is 0 Å². The molecule has 3 nitrogen and oxygen atoms in total. The van der Waals surface area contributed by atoms with Crippen molar-refractivity contribution in [1.29, 1.82) is 0 Å². The van der Waals surface area contributed by atoms with Crippen LogP contribution in [0.1, 0.15) is 63.9 Å². The number of halogens is 3. The zero-order valence-electron chi connectivity index (χ0n) is 17.4. The minimum Gasteiger partial charge on any atom is -0.342 e. The summed E-state index contributed by atoms with van der Waals surface area (Å²) in [6, 6.07) is 4.53. The topological polar surface area (TPSA) is 23.6 Å². The number of nitrogens with zero attached hydrogens (tertiary/aromatic N) is 2. The lowest BCUT2D eigenvalue weighted by Crippen LogP contribution is -2.44. The molecular weight excluding hydrogens is 382 g/mol. The molecule has 0 radical (unpaired) electrons. The van der Waals surface area contributed by atoms with Gasteiger partial charge in [0.1, 0.15) is 0 Å². The van der Waals surface area contributed by atoms with Gasteiger partial charge in [-0.3, -0.25) is 4.79 Å². The molecule has 1 amide bonds. The van der Waals surface area contributed by atoms with Crippen LogP contribution >= 0.6 is 12.4 Å². The van der Waals surface area contributed by atoms with Gasteiger partial charge in [0.25, 0.3) is 0 Å². The third-order valence-electron chi connectivity index (χ3n) is 5.93. The number of carbonyl (C=O) groups is 1. The molecule has 0 N–H and O–H groups in total. The zero-order chi connectivity index (χ0) is 19.8. The standard InChI is InChI=1S/C22H34F2N2O.ClH/c1-4-5-6-7-14-25(2)18-9-11-19(12-10-18)26(3)22(27)16-17-8-13-20(23)21(24)15-17;/h8,13,15,18-19H,4-7,9-12,14,16H2,1-3H3;1H. The first kappa shape index (κ1) is 24.8. The van der Waals surface area contributed by atoms with Gasteiger partial charge in [-0.1, -0.05) is 32.3 Å². The van der Waals surface area contributed by atoms with Gasteiger partial charge in [-0.25, -0.2) is 8.78 Å². The van der Waals surface area contributed by atoms with Crippen LogP contribution in [0.4, 0.5) is 8.78 Å². The van der Waals surface area contributed by atoms with E-state index in [-0.39, 0.29) is 30.8 Å². The lowest BCUT2D eigenvalue weighted by molar-refractivity contribution is -0.132. The second-order valence-electron chi connectivity index (χ2n) is 7.93. The summed E-state index contributed by atoms with van der Waals surface area (Å²) >= 11 is 0.